The van der Waals surface area contributed by atoms with Crippen molar-refractivity contribution in [1.82, 2.24) is 10.2 Å². The number of nitrogens with one attached hydrogen (secondary N) is 1. The summed E-state index contributed by atoms with van der Waals surface area (Å²) in [4.78, 5) is 2.16. The molecule has 1 aliphatic heterocycles. The van der Waals surface area contributed by atoms with Crippen LogP contribution in [0.5, 0.6) is 0 Å². The van der Waals surface area contributed by atoms with Gasteiger partial charge in [-0.25, -0.2) is 0 Å². The molecular formula is C15H21F3N2O. The SMILES string of the molecule is CC(NCC1CN(C)CCO1)c1ccccc1C(F)(F)F. The fourth-order valence-corrected chi connectivity index (χ4v) is 2.54. The molecule has 2 atom stereocenters. The van der Waals surface area contributed by atoms with Crippen LogP contribution in [-0.2, 0) is 10.9 Å². The van der Waals surface area contributed by atoms with E-state index in [2.05, 4.69) is 10.2 Å². The van der Waals surface area contributed by atoms with Crippen LogP contribution in [0.15, 0.2) is 24.3 Å². The van der Waals surface area contributed by atoms with Crippen molar-refractivity contribution in [3.8, 4) is 0 Å². The summed E-state index contributed by atoms with van der Waals surface area (Å²) in [5.41, 5.74) is -0.305. The van der Waals surface area contributed by atoms with E-state index in [-0.39, 0.29) is 17.7 Å². The van der Waals surface area contributed by atoms with Crippen LogP contribution in [0.2, 0.25) is 0 Å². The second kappa shape index (κ2) is 6.77. The molecule has 1 fully saturated rings. The Balaban J connectivity index is 1.99. The van der Waals surface area contributed by atoms with Gasteiger partial charge in [0.15, 0.2) is 0 Å². The second-order valence-electron chi connectivity index (χ2n) is 5.47. The Morgan fingerprint density at radius 2 is 2.10 bits per heavy atom. The van der Waals surface area contributed by atoms with E-state index < -0.39 is 11.7 Å². The minimum atomic E-state index is -4.33. The van der Waals surface area contributed by atoms with Crippen molar-refractivity contribution in [2.75, 3.05) is 33.3 Å². The quantitative estimate of drug-likeness (QED) is 0.925. The zero-order valence-corrected chi connectivity index (χ0v) is 12.3. The number of rotatable bonds is 4. The number of alkyl halides is 3. The predicted octanol–water partition coefficient (Wildman–Crippen LogP) is 2.69. The number of likely N-dealkylation sites (N-methyl/N-ethyl adjacent to an activating group) is 1. The highest BCUT2D eigenvalue weighted by Gasteiger charge is 2.34. The maximum absolute atomic E-state index is 13.0. The summed E-state index contributed by atoms with van der Waals surface area (Å²) in [6.07, 6.45) is -4.31. The molecule has 1 aliphatic rings. The molecule has 0 saturated carbocycles. The zero-order chi connectivity index (χ0) is 15.5. The van der Waals surface area contributed by atoms with Crippen molar-refractivity contribution in [3.63, 3.8) is 0 Å². The molecule has 0 amide bonds. The van der Waals surface area contributed by atoms with Crippen molar-refractivity contribution in [2.45, 2.75) is 25.2 Å². The number of benzene rings is 1. The highest BCUT2D eigenvalue weighted by molar-refractivity contribution is 5.32. The Bertz CT molecular complexity index is 464. The number of nitrogens with zero attached hydrogens (tertiary/aromatic N) is 1. The van der Waals surface area contributed by atoms with Gasteiger partial charge in [0.1, 0.15) is 0 Å². The van der Waals surface area contributed by atoms with E-state index in [1.54, 1.807) is 13.0 Å². The highest BCUT2D eigenvalue weighted by Crippen LogP contribution is 2.34. The first-order valence-electron chi connectivity index (χ1n) is 7.07. The molecule has 21 heavy (non-hydrogen) atoms. The molecule has 1 aromatic rings. The van der Waals surface area contributed by atoms with Crippen LogP contribution in [0.25, 0.3) is 0 Å². The van der Waals surface area contributed by atoms with E-state index in [0.29, 0.717) is 13.2 Å². The summed E-state index contributed by atoms with van der Waals surface area (Å²) in [7, 11) is 2.01. The summed E-state index contributed by atoms with van der Waals surface area (Å²) < 4.78 is 44.6. The van der Waals surface area contributed by atoms with Crippen LogP contribution < -0.4 is 5.32 Å². The van der Waals surface area contributed by atoms with Gasteiger partial charge < -0.3 is 15.0 Å². The van der Waals surface area contributed by atoms with Gasteiger partial charge in [0.05, 0.1) is 18.3 Å². The van der Waals surface area contributed by atoms with Gasteiger partial charge in [0.25, 0.3) is 0 Å². The number of morpholine rings is 1. The smallest absolute Gasteiger partial charge is 0.374 e. The van der Waals surface area contributed by atoms with Gasteiger partial charge in [0.2, 0.25) is 0 Å². The lowest BCUT2D eigenvalue weighted by Crippen LogP contribution is -2.45. The van der Waals surface area contributed by atoms with Crippen LogP contribution in [-0.4, -0.2) is 44.3 Å². The van der Waals surface area contributed by atoms with E-state index >= 15 is 0 Å². The van der Waals surface area contributed by atoms with Crippen LogP contribution in [0.4, 0.5) is 13.2 Å². The van der Waals surface area contributed by atoms with E-state index in [1.807, 2.05) is 7.05 Å². The predicted molar refractivity (Wildman–Crippen MR) is 75.1 cm³/mol. The zero-order valence-electron chi connectivity index (χ0n) is 12.3. The van der Waals surface area contributed by atoms with E-state index in [4.69, 9.17) is 4.74 Å². The summed E-state index contributed by atoms with van der Waals surface area (Å²) in [6.45, 7) is 4.63. The lowest BCUT2D eigenvalue weighted by molar-refractivity contribution is -0.138. The maximum atomic E-state index is 13.0. The Morgan fingerprint density at radius 3 is 2.76 bits per heavy atom. The molecule has 1 N–H and O–H groups in total. The van der Waals surface area contributed by atoms with Gasteiger partial charge in [0, 0.05) is 25.7 Å². The third-order valence-electron chi connectivity index (χ3n) is 3.73. The Hall–Kier alpha value is -1.11. The molecule has 0 spiro atoms. The van der Waals surface area contributed by atoms with Crippen molar-refractivity contribution in [3.05, 3.63) is 35.4 Å². The first-order chi connectivity index (χ1) is 9.88. The molecule has 1 heterocycles. The van der Waals surface area contributed by atoms with Gasteiger partial charge in [-0.3, -0.25) is 0 Å². The Kier molecular flexibility index (Phi) is 5.24. The first-order valence-corrected chi connectivity index (χ1v) is 7.07. The highest BCUT2D eigenvalue weighted by atomic mass is 19.4. The summed E-state index contributed by atoms with van der Waals surface area (Å²) in [6, 6.07) is 5.32. The molecule has 1 aromatic carbocycles. The average Bonchev–Trinajstić information content (AvgIpc) is 2.44. The van der Waals surface area contributed by atoms with Crippen molar-refractivity contribution < 1.29 is 17.9 Å². The second-order valence-corrected chi connectivity index (χ2v) is 5.47. The van der Waals surface area contributed by atoms with Gasteiger partial charge in [-0.05, 0) is 25.6 Å². The number of hydrogen-bond acceptors (Lipinski definition) is 3. The molecule has 6 heteroatoms. The summed E-state index contributed by atoms with van der Waals surface area (Å²) in [5.74, 6) is 0. The fourth-order valence-electron chi connectivity index (χ4n) is 2.54. The lowest BCUT2D eigenvalue weighted by atomic mass is 10.0. The maximum Gasteiger partial charge on any atom is 0.416 e. The minimum absolute atomic E-state index is 0.0178. The Labute approximate surface area is 123 Å². The molecule has 2 rings (SSSR count). The van der Waals surface area contributed by atoms with E-state index in [9.17, 15) is 13.2 Å². The molecule has 0 aliphatic carbocycles. The summed E-state index contributed by atoms with van der Waals surface area (Å²) in [5, 5.41) is 3.15. The number of halogens is 3. The molecule has 0 radical (unpaired) electrons. The number of hydrogen-bond donors (Lipinski definition) is 1. The lowest BCUT2D eigenvalue weighted by Gasteiger charge is -2.31. The molecule has 0 bridgehead atoms. The van der Waals surface area contributed by atoms with Crippen LogP contribution in [0.1, 0.15) is 24.1 Å². The monoisotopic (exact) mass is 302 g/mol. The largest absolute Gasteiger partial charge is 0.416 e. The van der Waals surface area contributed by atoms with Crippen molar-refractivity contribution in [2.24, 2.45) is 0 Å². The molecule has 0 aromatic heterocycles. The molecule has 118 valence electrons. The first kappa shape index (κ1) is 16.3. The van der Waals surface area contributed by atoms with Gasteiger partial charge in [-0.1, -0.05) is 18.2 Å². The van der Waals surface area contributed by atoms with Crippen LogP contribution in [0, 0.1) is 0 Å². The van der Waals surface area contributed by atoms with Crippen molar-refractivity contribution in [1.29, 1.82) is 0 Å². The standard InChI is InChI=1S/C15H21F3N2O/c1-11(19-9-12-10-20(2)7-8-21-12)13-5-3-4-6-14(13)15(16,17)18/h3-6,11-12,19H,7-10H2,1-2H3. The topological polar surface area (TPSA) is 24.5 Å². The van der Waals surface area contributed by atoms with Gasteiger partial charge >= 0.3 is 6.18 Å². The van der Waals surface area contributed by atoms with Gasteiger partial charge in [-0.15, -0.1) is 0 Å². The molecule has 1 saturated heterocycles. The fraction of sp³-hybridized carbons (Fsp3) is 0.600. The minimum Gasteiger partial charge on any atom is -0.374 e. The Morgan fingerprint density at radius 1 is 1.38 bits per heavy atom. The van der Waals surface area contributed by atoms with Gasteiger partial charge in [-0.2, -0.15) is 13.2 Å². The van der Waals surface area contributed by atoms with Crippen LogP contribution >= 0.6 is 0 Å². The van der Waals surface area contributed by atoms with E-state index in [0.717, 1.165) is 19.2 Å². The normalized spacial score (nSPS) is 22.2. The molecule has 3 nitrogen and oxygen atoms in total. The molecular weight excluding hydrogens is 281 g/mol. The number of ether oxygens (including phenoxy) is 1. The van der Waals surface area contributed by atoms with Crippen molar-refractivity contribution >= 4 is 0 Å². The third kappa shape index (κ3) is 4.43. The molecule has 2 unspecified atom stereocenters. The third-order valence-corrected chi connectivity index (χ3v) is 3.73. The summed E-state index contributed by atoms with van der Waals surface area (Å²) >= 11 is 0. The average molecular weight is 302 g/mol. The van der Waals surface area contributed by atoms with E-state index in [1.165, 1.54) is 12.1 Å². The van der Waals surface area contributed by atoms with Crippen LogP contribution in [0.3, 0.4) is 0 Å².